The number of carbonyl (C=O) groups is 1. The maximum absolute atomic E-state index is 11.8. The van der Waals surface area contributed by atoms with Crippen LogP contribution in [0.15, 0.2) is 59.2 Å². The summed E-state index contributed by atoms with van der Waals surface area (Å²) in [6.45, 7) is 0.0547. The van der Waals surface area contributed by atoms with Crippen molar-refractivity contribution in [3.63, 3.8) is 0 Å². The SMILES string of the molecule is COc1ccccc1-c1cc(COC(=O)C2C=CC=C2)on1. The standard InChI is InChI=1S/C17H15NO4/c1-20-16-9-5-4-8-14(16)15-10-13(22-18-15)11-21-17(19)12-6-2-3-7-12/h2-10,12H,11H2,1H3. The van der Waals surface area contributed by atoms with E-state index in [1.165, 1.54) is 0 Å². The fourth-order valence-corrected chi connectivity index (χ4v) is 2.19. The predicted molar refractivity (Wildman–Crippen MR) is 80.1 cm³/mol. The van der Waals surface area contributed by atoms with Gasteiger partial charge in [0.2, 0.25) is 0 Å². The van der Waals surface area contributed by atoms with E-state index in [4.69, 9.17) is 14.0 Å². The Hall–Kier alpha value is -2.82. The fourth-order valence-electron chi connectivity index (χ4n) is 2.19. The third-order valence-electron chi connectivity index (χ3n) is 3.32. The summed E-state index contributed by atoms with van der Waals surface area (Å²) in [5.74, 6) is 0.581. The molecule has 0 saturated carbocycles. The molecular formula is C17H15NO4. The smallest absolute Gasteiger partial charge is 0.317 e. The van der Waals surface area contributed by atoms with Crippen molar-refractivity contribution in [2.24, 2.45) is 5.92 Å². The molecule has 0 spiro atoms. The molecule has 22 heavy (non-hydrogen) atoms. The molecule has 0 unspecified atom stereocenters. The van der Waals surface area contributed by atoms with Crippen LogP contribution in [0.4, 0.5) is 0 Å². The summed E-state index contributed by atoms with van der Waals surface area (Å²) in [5.41, 5.74) is 1.47. The number of carbonyl (C=O) groups excluding carboxylic acids is 1. The van der Waals surface area contributed by atoms with Crippen LogP contribution in [0.2, 0.25) is 0 Å². The highest BCUT2D eigenvalue weighted by atomic mass is 16.5. The molecule has 3 rings (SSSR count). The van der Waals surface area contributed by atoms with E-state index in [1.54, 1.807) is 25.3 Å². The lowest BCUT2D eigenvalue weighted by atomic mass is 10.1. The van der Waals surface area contributed by atoms with Crippen molar-refractivity contribution in [1.29, 1.82) is 0 Å². The molecular weight excluding hydrogens is 282 g/mol. The number of allylic oxidation sites excluding steroid dienone is 2. The molecule has 0 bridgehead atoms. The van der Waals surface area contributed by atoms with Gasteiger partial charge in [-0.15, -0.1) is 0 Å². The Morgan fingerprint density at radius 3 is 2.82 bits per heavy atom. The van der Waals surface area contributed by atoms with Crippen molar-refractivity contribution in [1.82, 2.24) is 5.16 Å². The first kappa shape index (κ1) is 14.1. The fraction of sp³-hybridized carbons (Fsp3) is 0.176. The molecule has 2 aromatic rings. The molecule has 0 fully saturated rings. The van der Waals surface area contributed by atoms with E-state index in [9.17, 15) is 4.79 Å². The summed E-state index contributed by atoms with van der Waals surface area (Å²) < 4.78 is 15.7. The molecule has 0 N–H and O–H groups in total. The number of para-hydroxylation sites is 1. The van der Waals surface area contributed by atoms with Crippen LogP contribution in [0.25, 0.3) is 11.3 Å². The molecule has 0 aliphatic heterocycles. The monoisotopic (exact) mass is 297 g/mol. The number of esters is 1. The zero-order valence-electron chi connectivity index (χ0n) is 12.1. The molecule has 0 saturated heterocycles. The summed E-state index contributed by atoms with van der Waals surface area (Å²) >= 11 is 0. The Kier molecular flexibility index (Phi) is 4.05. The number of benzene rings is 1. The topological polar surface area (TPSA) is 61.6 Å². The van der Waals surface area contributed by atoms with Crippen molar-refractivity contribution >= 4 is 5.97 Å². The Bertz CT molecular complexity index is 718. The second kappa shape index (κ2) is 6.30. The minimum Gasteiger partial charge on any atom is -0.496 e. The number of rotatable bonds is 5. The lowest BCUT2D eigenvalue weighted by Crippen LogP contribution is -2.12. The number of hydrogen-bond acceptors (Lipinski definition) is 5. The Morgan fingerprint density at radius 1 is 1.27 bits per heavy atom. The van der Waals surface area contributed by atoms with E-state index < -0.39 is 0 Å². The van der Waals surface area contributed by atoms with Gasteiger partial charge in [-0.3, -0.25) is 4.79 Å². The van der Waals surface area contributed by atoms with Crippen LogP contribution in [0.3, 0.4) is 0 Å². The molecule has 5 nitrogen and oxygen atoms in total. The van der Waals surface area contributed by atoms with Gasteiger partial charge in [0, 0.05) is 11.6 Å². The molecule has 1 heterocycles. The summed E-state index contributed by atoms with van der Waals surface area (Å²) in [6, 6.07) is 9.26. The molecule has 1 aromatic carbocycles. The Balaban J connectivity index is 1.67. The van der Waals surface area contributed by atoms with Crippen molar-refractivity contribution in [3.8, 4) is 17.0 Å². The molecule has 1 aromatic heterocycles. The number of aromatic nitrogens is 1. The van der Waals surface area contributed by atoms with Crippen LogP contribution in [0.5, 0.6) is 5.75 Å². The van der Waals surface area contributed by atoms with E-state index in [2.05, 4.69) is 5.16 Å². The summed E-state index contributed by atoms with van der Waals surface area (Å²) in [7, 11) is 1.60. The van der Waals surface area contributed by atoms with Gasteiger partial charge in [0.1, 0.15) is 11.4 Å². The highest BCUT2D eigenvalue weighted by molar-refractivity contribution is 5.77. The normalized spacial score (nSPS) is 13.5. The van der Waals surface area contributed by atoms with Crippen molar-refractivity contribution in [3.05, 3.63) is 60.4 Å². The van der Waals surface area contributed by atoms with Crippen LogP contribution >= 0.6 is 0 Å². The molecule has 0 radical (unpaired) electrons. The van der Waals surface area contributed by atoms with Gasteiger partial charge in [-0.25, -0.2) is 0 Å². The van der Waals surface area contributed by atoms with E-state index in [-0.39, 0.29) is 18.5 Å². The average molecular weight is 297 g/mol. The van der Waals surface area contributed by atoms with Gasteiger partial charge in [0.25, 0.3) is 0 Å². The van der Waals surface area contributed by atoms with Crippen LogP contribution < -0.4 is 4.74 Å². The van der Waals surface area contributed by atoms with Crippen molar-refractivity contribution in [2.45, 2.75) is 6.61 Å². The van der Waals surface area contributed by atoms with Gasteiger partial charge < -0.3 is 14.0 Å². The van der Waals surface area contributed by atoms with Crippen LogP contribution in [0, 0.1) is 5.92 Å². The van der Waals surface area contributed by atoms with Crippen LogP contribution in [0.1, 0.15) is 5.76 Å². The van der Waals surface area contributed by atoms with Crippen LogP contribution in [-0.4, -0.2) is 18.2 Å². The largest absolute Gasteiger partial charge is 0.496 e. The van der Waals surface area contributed by atoms with Gasteiger partial charge in [0.15, 0.2) is 12.4 Å². The number of hydrogen-bond donors (Lipinski definition) is 0. The van der Waals surface area contributed by atoms with E-state index in [0.717, 1.165) is 5.56 Å². The van der Waals surface area contributed by atoms with E-state index in [0.29, 0.717) is 17.2 Å². The number of nitrogens with zero attached hydrogens (tertiary/aromatic N) is 1. The molecule has 5 heteroatoms. The quantitative estimate of drug-likeness (QED) is 0.793. The highest BCUT2D eigenvalue weighted by Gasteiger charge is 2.17. The number of methoxy groups -OCH3 is 1. The minimum absolute atomic E-state index is 0.0547. The highest BCUT2D eigenvalue weighted by Crippen LogP contribution is 2.29. The van der Waals surface area contributed by atoms with Gasteiger partial charge in [0.05, 0.1) is 13.0 Å². The first-order chi connectivity index (χ1) is 10.8. The average Bonchev–Trinajstić information content (AvgIpc) is 3.24. The molecule has 0 atom stereocenters. The summed E-state index contributed by atoms with van der Waals surface area (Å²) in [4.78, 5) is 11.8. The predicted octanol–water partition coefficient (Wildman–Crippen LogP) is 3.14. The molecule has 1 aliphatic rings. The second-order valence-electron chi connectivity index (χ2n) is 4.78. The second-order valence-corrected chi connectivity index (χ2v) is 4.78. The van der Waals surface area contributed by atoms with E-state index >= 15 is 0 Å². The lowest BCUT2D eigenvalue weighted by Gasteiger charge is -2.05. The third-order valence-corrected chi connectivity index (χ3v) is 3.32. The van der Waals surface area contributed by atoms with E-state index in [1.807, 2.05) is 36.4 Å². The zero-order valence-corrected chi connectivity index (χ0v) is 12.1. The third kappa shape index (κ3) is 2.93. The van der Waals surface area contributed by atoms with Gasteiger partial charge >= 0.3 is 5.97 Å². The van der Waals surface area contributed by atoms with Crippen molar-refractivity contribution in [2.75, 3.05) is 7.11 Å². The zero-order chi connectivity index (χ0) is 15.4. The number of ether oxygens (including phenoxy) is 2. The molecule has 1 aliphatic carbocycles. The van der Waals surface area contributed by atoms with Gasteiger partial charge in [-0.1, -0.05) is 41.6 Å². The summed E-state index contributed by atoms with van der Waals surface area (Å²) in [5, 5.41) is 4.00. The van der Waals surface area contributed by atoms with Gasteiger partial charge in [-0.2, -0.15) is 0 Å². The van der Waals surface area contributed by atoms with Gasteiger partial charge in [-0.05, 0) is 12.1 Å². The Labute approximate surface area is 127 Å². The first-order valence-electron chi connectivity index (χ1n) is 6.88. The maximum Gasteiger partial charge on any atom is 0.317 e. The van der Waals surface area contributed by atoms with Crippen LogP contribution in [-0.2, 0) is 16.1 Å². The molecule has 112 valence electrons. The molecule has 0 amide bonds. The summed E-state index contributed by atoms with van der Waals surface area (Å²) in [6.07, 6.45) is 7.20. The first-order valence-corrected chi connectivity index (χ1v) is 6.88. The lowest BCUT2D eigenvalue weighted by molar-refractivity contribution is -0.147. The van der Waals surface area contributed by atoms with Crippen molar-refractivity contribution < 1.29 is 18.8 Å². The minimum atomic E-state index is -0.309. The Morgan fingerprint density at radius 2 is 2.05 bits per heavy atom. The maximum atomic E-state index is 11.8.